The molecule has 2 amide bonds. The average Bonchev–Trinajstić information content (AvgIpc) is 3.13. The second kappa shape index (κ2) is 8.90. The summed E-state index contributed by atoms with van der Waals surface area (Å²) in [5.41, 5.74) is 4.04. The maximum atomic E-state index is 12.3. The van der Waals surface area contributed by atoms with Crippen molar-refractivity contribution in [2.24, 2.45) is 0 Å². The van der Waals surface area contributed by atoms with Gasteiger partial charge in [-0.05, 0) is 51.8 Å². The molecule has 162 valence electrons. The van der Waals surface area contributed by atoms with E-state index in [0.29, 0.717) is 5.69 Å². The molecule has 0 spiro atoms. The van der Waals surface area contributed by atoms with Crippen LogP contribution in [0.5, 0.6) is 0 Å². The van der Waals surface area contributed by atoms with Crippen molar-refractivity contribution in [2.45, 2.75) is 40.7 Å². The quantitative estimate of drug-likeness (QED) is 0.576. The Labute approximate surface area is 179 Å². The molecule has 0 bridgehead atoms. The predicted molar refractivity (Wildman–Crippen MR) is 113 cm³/mol. The maximum absolute atomic E-state index is 12.3. The van der Waals surface area contributed by atoms with Crippen LogP contribution in [0.3, 0.4) is 0 Å². The molecule has 31 heavy (non-hydrogen) atoms. The van der Waals surface area contributed by atoms with Crippen LogP contribution >= 0.6 is 0 Å². The first-order chi connectivity index (χ1) is 14.7. The molecule has 0 fully saturated rings. The van der Waals surface area contributed by atoms with Crippen molar-refractivity contribution >= 4 is 29.2 Å². The molecule has 0 aliphatic carbocycles. The molecule has 1 unspecified atom stereocenters. The third-order valence-electron chi connectivity index (χ3n) is 4.62. The molecule has 1 aromatic carbocycles. The van der Waals surface area contributed by atoms with Gasteiger partial charge in [0.1, 0.15) is 0 Å². The number of carbonyl (C=O) groups is 3. The fraction of sp³-hybridized carbons (Fsp3) is 0.333. The second-order valence-electron chi connectivity index (χ2n) is 7.27. The van der Waals surface area contributed by atoms with Crippen molar-refractivity contribution < 1.29 is 19.1 Å². The minimum absolute atomic E-state index is 0.200. The zero-order valence-electron chi connectivity index (χ0n) is 18.0. The predicted octanol–water partition coefficient (Wildman–Crippen LogP) is 1.66. The van der Waals surface area contributed by atoms with Gasteiger partial charge in [0.05, 0.1) is 6.54 Å². The number of amides is 2. The van der Waals surface area contributed by atoms with Gasteiger partial charge in [0.2, 0.25) is 5.91 Å². The van der Waals surface area contributed by atoms with E-state index in [0.717, 1.165) is 22.5 Å². The summed E-state index contributed by atoms with van der Waals surface area (Å²) in [4.78, 5) is 45.0. The fourth-order valence-electron chi connectivity index (χ4n) is 3.03. The zero-order valence-corrected chi connectivity index (χ0v) is 18.0. The fourth-order valence-corrected chi connectivity index (χ4v) is 3.03. The highest BCUT2D eigenvalue weighted by Crippen LogP contribution is 2.19. The molecule has 0 aliphatic heterocycles. The summed E-state index contributed by atoms with van der Waals surface area (Å²) in [6.45, 7) is 8.53. The number of carbonyl (C=O) groups excluding carboxylic acids is 3. The molecule has 2 heterocycles. The third-order valence-corrected chi connectivity index (χ3v) is 4.62. The van der Waals surface area contributed by atoms with Gasteiger partial charge in [-0.1, -0.05) is 18.2 Å². The van der Waals surface area contributed by atoms with E-state index in [1.54, 1.807) is 6.07 Å². The molecule has 0 saturated carbocycles. The standard InChI is InChI=1S/C21H24N6O4/c1-11-7-6-8-12(2)17(11)24-16(28)10-22-19(29)15(5)31-20(30)18-25-21-23-13(3)9-14(4)27(21)26-18/h6-9,15H,10H2,1-5H3,(H,22,29)(H,24,28). The first-order valence-corrected chi connectivity index (χ1v) is 9.71. The van der Waals surface area contributed by atoms with Gasteiger partial charge in [-0.3, -0.25) is 9.59 Å². The molecule has 0 radical (unpaired) electrons. The molecule has 2 N–H and O–H groups in total. The summed E-state index contributed by atoms with van der Waals surface area (Å²) in [5, 5.41) is 9.30. The number of aryl methyl sites for hydroxylation is 4. The van der Waals surface area contributed by atoms with Crippen LogP contribution in [0.2, 0.25) is 0 Å². The first-order valence-electron chi connectivity index (χ1n) is 9.71. The molecular formula is C21H24N6O4. The van der Waals surface area contributed by atoms with Gasteiger partial charge in [-0.2, -0.15) is 4.98 Å². The van der Waals surface area contributed by atoms with E-state index in [-0.39, 0.29) is 24.1 Å². The number of anilines is 1. The monoisotopic (exact) mass is 424 g/mol. The minimum Gasteiger partial charge on any atom is -0.447 e. The van der Waals surface area contributed by atoms with Gasteiger partial charge in [0.15, 0.2) is 6.10 Å². The van der Waals surface area contributed by atoms with Crippen LogP contribution in [0, 0.1) is 27.7 Å². The van der Waals surface area contributed by atoms with E-state index in [9.17, 15) is 14.4 Å². The number of ether oxygens (including phenoxy) is 1. The Kier molecular flexibility index (Phi) is 6.28. The number of nitrogens with one attached hydrogen (secondary N) is 2. The Hall–Kier alpha value is -3.82. The van der Waals surface area contributed by atoms with Crippen molar-refractivity contribution in [3.05, 3.63) is 52.6 Å². The Morgan fingerprint density at radius 1 is 1.10 bits per heavy atom. The summed E-state index contributed by atoms with van der Waals surface area (Å²) >= 11 is 0. The average molecular weight is 424 g/mol. The third kappa shape index (κ3) is 5.03. The van der Waals surface area contributed by atoms with Crippen LogP contribution < -0.4 is 10.6 Å². The Morgan fingerprint density at radius 2 is 1.77 bits per heavy atom. The molecule has 10 nitrogen and oxygen atoms in total. The number of hydrogen-bond donors (Lipinski definition) is 2. The lowest BCUT2D eigenvalue weighted by molar-refractivity contribution is -0.130. The number of nitrogens with zero attached hydrogens (tertiary/aromatic N) is 4. The van der Waals surface area contributed by atoms with E-state index in [1.807, 2.05) is 45.9 Å². The van der Waals surface area contributed by atoms with Crippen LogP contribution in [-0.2, 0) is 14.3 Å². The Balaban J connectivity index is 1.56. The summed E-state index contributed by atoms with van der Waals surface area (Å²) in [7, 11) is 0. The summed E-state index contributed by atoms with van der Waals surface area (Å²) in [6.07, 6.45) is -1.14. The van der Waals surface area contributed by atoms with Crippen molar-refractivity contribution in [3.8, 4) is 0 Å². The van der Waals surface area contributed by atoms with Crippen molar-refractivity contribution in [2.75, 3.05) is 11.9 Å². The number of rotatable bonds is 6. The Morgan fingerprint density at radius 3 is 2.45 bits per heavy atom. The molecule has 3 rings (SSSR count). The SMILES string of the molecule is Cc1cc(C)n2nc(C(=O)OC(C)C(=O)NCC(=O)Nc3c(C)cccc3C)nc2n1. The Bertz CT molecular complexity index is 1150. The largest absolute Gasteiger partial charge is 0.447 e. The van der Waals surface area contributed by atoms with Crippen LogP contribution in [0.1, 0.15) is 40.1 Å². The van der Waals surface area contributed by atoms with E-state index in [4.69, 9.17) is 4.74 Å². The first kappa shape index (κ1) is 21.9. The number of aromatic nitrogens is 4. The van der Waals surface area contributed by atoms with Gasteiger partial charge in [0.25, 0.3) is 17.5 Å². The zero-order chi connectivity index (χ0) is 22.7. The minimum atomic E-state index is -1.14. The normalized spacial score (nSPS) is 11.8. The summed E-state index contributed by atoms with van der Waals surface area (Å²) in [5.74, 6) is -1.79. The maximum Gasteiger partial charge on any atom is 0.379 e. The molecule has 2 aromatic heterocycles. The van der Waals surface area contributed by atoms with Crippen LogP contribution in [0.25, 0.3) is 5.78 Å². The molecule has 0 aliphatic rings. The van der Waals surface area contributed by atoms with E-state index in [1.165, 1.54) is 11.4 Å². The summed E-state index contributed by atoms with van der Waals surface area (Å²) in [6, 6.07) is 7.47. The highest BCUT2D eigenvalue weighted by Gasteiger charge is 2.23. The van der Waals surface area contributed by atoms with Crippen LogP contribution in [-0.4, -0.2) is 50.0 Å². The molecule has 3 aromatic rings. The number of esters is 1. The van der Waals surface area contributed by atoms with Gasteiger partial charge in [-0.25, -0.2) is 14.3 Å². The molecular weight excluding hydrogens is 400 g/mol. The van der Waals surface area contributed by atoms with Gasteiger partial charge < -0.3 is 15.4 Å². The second-order valence-corrected chi connectivity index (χ2v) is 7.27. The van der Waals surface area contributed by atoms with Crippen LogP contribution in [0.4, 0.5) is 5.69 Å². The van der Waals surface area contributed by atoms with Gasteiger partial charge in [-0.15, -0.1) is 5.10 Å². The van der Waals surface area contributed by atoms with Crippen molar-refractivity contribution in [1.82, 2.24) is 24.9 Å². The van der Waals surface area contributed by atoms with Crippen LogP contribution in [0.15, 0.2) is 24.3 Å². The van der Waals surface area contributed by atoms with E-state index >= 15 is 0 Å². The van der Waals surface area contributed by atoms with Gasteiger partial charge in [0, 0.05) is 17.1 Å². The number of fused-ring (bicyclic) bond motifs is 1. The number of hydrogen-bond acceptors (Lipinski definition) is 7. The summed E-state index contributed by atoms with van der Waals surface area (Å²) < 4.78 is 6.56. The number of benzene rings is 1. The highest BCUT2D eigenvalue weighted by molar-refractivity contribution is 5.96. The lowest BCUT2D eigenvalue weighted by Gasteiger charge is -2.14. The smallest absolute Gasteiger partial charge is 0.379 e. The molecule has 0 saturated heterocycles. The molecule has 10 heteroatoms. The lowest BCUT2D eigenvalue weighted by Crippen LogP contribution is -2.40. The van der Waals surface area contributed by atoms with E-state index < -0.39 is 18.0 Å². The lowest BCUT2D eigenvalue weighted by atomic mass is 10.1. The van der Waals surface area contributed by atoms with Gasteiger partial charge >= 0.3 is 5.97 Å². The molecule has 1 atom stereocenters. The van der Waals surface area contributed by atoms with Crippen molar-refractivity contribution in [1.29, 1.82) is 0 Å². The topological polar surface area (TPSA) is 128 Å². The van der Waals surface area contributed by atoms with E-state index in [2.05, 4.69) is 25.7 Å². The highest BCUT2D eigenvalue weighted by atomic mass is 16.5. The van der Waals surface area contributed by atoms with Crippen molar-refractivity contribution in [3.63, 3.8) is 0 Å². The number of para-hydroxylation sites is 1.